The van der Waals surface area contributed by atoms with Crippen LogP contribution in [0.5, 0.6) is 0 Å². The second kappa shape index (κ2) is 7.92. The second-order valence-electron chi connectivity index (χ2n) is 8.31. The van der Waals surface area contributed by atoms with Crippen LogP contribution in [0, 0.1) is 12.8 Å². The highest BCUT2D eigenvalue weighted by Crippen LogP contribution is 2.35. The van der Waals surface area contributed by atoms with Gasteiger partial charge in [0.2, 0.25) is 15.9 Å². The molecule has 5 nitrogen and oxygen atoms in total. The van der Waals surface area contributed by atoms with Gasteiger partial charge in [0, 0.05) is 30.7 Å². The van der Waals surface area contributed by atoms with Gasteiger partial charge < -0.3 is 4.90 Å². The lowest BCUT2D eigenvalue weighted by molar-refractivity contribution is -0.123. The molecule has 0 bridgehead atoms. The van der Waals surface area contributed by atoms with E-state index >= 15 is 0 Å². The van der Waals surface area contributed by atoms with E-state index in [0.717, 1.165) is 23.2 Å². The quantitative estimate of drug-likeness (QED) is 0.772. The van der Waals surface area contributed by atoms with E-state index in [4.69, 9.17) is 0 Å². The monoisotopic (exact) mass is 412 g/mol. The number of carbonyl (C=O) groups excluding carboxylic acids is 1. The van der Waals surface area contributed by atoms with Crippen LogP contribution in [-0.2, 0) is 27.0 Å². The zero-order chi connectivity index (χ0) is 20.6. The summed E-state index contributed by atoms with van der Waals surface area (Å²) in [6, 6.07) is 15.9. The second-order valence-corrected chi connectivity index (χ2v) is 10.3. The molecule has 0 spiro atoms. The summed E-state index contributed by atoms with van der Waals surface area (Å²) in [7, 11) is -3.37. The lowest BCUT2D eigenvalue weighted by Crippen LogP contribution is -2.46. The van der Waals surface area contributed by atoms with E-state index in [1.807, 2.05) is 54.3 Å². The number of amides is 1. The number of carbonyl (C=O) groups is 1. The first-order chi connectivity index (χ1) is 13.8. The third-order valence-corrected chi connectivity index (χ3v) is 7.92. The van der Waals surface area contributed by atoms with Gasteiger partial charge in [-0.3, -0.25) is 4.79 Å². The number of piperidine rings is 1. The summed E-state index contributed by atoms with van der Waals surface area (Å²) in [5, 5.41) is 0. The van der Waals surface area contributed by atoms with E-state index in [0.29, 0.717) is 25.9 Å². The Hall–Kier alpha value is -2.18. The smallest absolute Gasteiger partial charge is 0.230 e. The molecular weight excluding hydrogens is 384 g/mol. The van der Waals surface area contributed by atoms with Crippen molar-refractivity contribution >= 4 is 21.6 Å². The van der Waals surface area contributed by atoms with Gasteiger partial charge in [0.15, 0.2) is 0 Å². The minimum Gasteiger partial charge on any atom is -0.309 e. The fourth-order valence-corrected chi connectivity index (χ4v) is 6.13. The standard InChI is InChI=1S/C23H28N2O3S/c1-17-6-5-7-19(14-17)16-29(27,28)24-12-10-20(11-13-24)23(26)25-18(2)15-21-8-3-4-9-22(21)25/h3-9,14,18,20H,10-13,15-16H2,1-2H3/t18-/m0/s1. The van der Waals surface area contributed by atoms with Gasteiger partial charge >= 0.3 is 0 Å². The number of hydrogen-bond donors (Lipinski definition) is 0. The number of hydrogen-bond acceptors (Lipinski definition) is 3. The van der Waals surface area contributed by atoms with Crippen molar-refractivity contribution in [2.75, 3.05) is 18.0 Å². The number of aryl methyl sites for hydroxylation is 1. The number of benzene rings is 2. The van der Waals surface area contributed by atoms with Gasteiger partial charge in [0.1, 0.15) is 0 Å². The van der Waals surface area contributed by atoms with Gasteiger partial charge in [0.25, 0.3) is 0 Å². The molecule has 1 amide bonds. The molecule has 2 aliphatic rings. The minimum atomic E-state index is -3.37. The number of para-hydroxylation sites is 1. The predicted molar refractivity (Wildman–Crippen MR) is 115 cm³/mol. The van der Waals surface area contributed by atoms with Crippen LogP contribution in [0.15, 0.2) is 48.5 Å². The Kier molecular flexibility index (Phi) is 5.49. The van der Waals surface area contributed by atoms with E-state index < -0.39 is 10.0 Å². The maximum atomic E-state index is 13.2. The summed E-state index contributed by atoms with van der Waals surface area (Å²) in [4.78, 5) is 15.1. The Balaban J connectivity index is 1.41. The van der Waals surface area contributed by atoms with Gasteiger partial charge in [-0.15, -0.1) is 0 Å². The van der Waals surface area contributed by atoms with E-state index in [1.165, 1.54) is 5.56 Å². The van der Waals surface area contributed by atoms with Gasteiger partial charge in [0.05, 0.1) is 5.75 Å². The third-order valence-electron chi connectivity index (χ3n) is 6.07. The molecule has 0 aromatic heterocycles. The van der Waals surface area contributed by atoms with Crippen molar-refractivity contribution in [3.05, 3.63) is 65.2 Å². The number of anilines is 1. The fourth-order valence-electron chi connectivity index (χ4n) is 4.58. The van der Waals surface area contributed by atoms with Gasteiger partial charge in [-0.1, -0.05) is 48.0 Å². The summed E-state index contributed by atoms with van der Waals surface area (Å²) in [5.41, 5.74) is 4.10. The summed E-state index contributed by atoms with van der Waals surface area (Å²) in [6.45, 7) is 4.87. The Morgan fingerprint density at radius 1 is 1.07 bits per heavy atom. The average molecular weight is 413 g/mol. The SMILES string of the molecule is Cc1cccc(CS(=O)(=O)N2CCC(C(=O)N3c4ccccc4C[C@@H]3C)CC2)c1. The molecule has 1 fully saturated rings. The van der Waals surface area contributed by atoms with Crippen molar-refractivity contribution < 1.29 is 13.2 Å². The Bertz CT molecular complexity index is 1010. The maximum absolute atomic E-state index is 13.2. The van der Waals surface area contributed by atoms with Gasteiger partial charge in [-0.05, 0) is 50.3 Å². The van der Waals surface area contributed by atoms with Gasteiger partial charge in [-0.2, -0.15) is 0 Å². The van der Waals surface area contributed by atoms with Crippen molar-refractivity contribution in [1.82, 2.24) is 4.31 Å². The molecular formula is C23H28N2O3S. The molecule has 0 aliphatic carbocycles. The Morgan fingerprint density at radius 2 is 1.79 bits per heavy atom. The Labute approximate surface area is 173 Å². The largest absolute Gasteiger partial charge is 0.309 e. The van der Waals surface area contributed by atoms with Crippen molar-refractivity contribution in [3.8, 4) is 0 Å². The van der Waals surface area contributed by atoms with Crippen LogP contribution in [-0.4, -0.2) is 37.8 Å². The van der Waals surface area contributed by atoms with Crippen molar-refractivity contribution in [3.63, 3.8) is 0 Å². The molecule has 6 heteroatoms. The van der Waals surface area contributed by atoms with Crippen LogP contribution in [0.25, 0.3) is 0 Å². The topological polar surface area (TPSA) is 57.7 Å². The van der Waals surface area contributed by atoms with Crippen molar-refractivity contribution in [2.45, 2.75) is 44.9 Å². The normalized spacial score (nSPS) is 20.6. The third kappa shape index (κ3) is 4.09. The van der Waals surface area contributed by atoms with Crippen LogP contribution in [0.3, 0.4) is 0 Å². The number of sulfonamides is 1. The molecule has 4 rings (SSSR count). The van der Waals surface area contributed by atoms with E-state index in [1.54, 1.807) is 4.31 Å². The number of nitrogens with zero attached hydrogens (tertiary/aromatic N) is 2. The lowest BCUT2D eigenvalue weighted by atomic mass is 9.96. The summed E-state index contributed by atoms with van der Waals surface area (Å²) < 4.78 is 27.2. The van der Waals surface area contributed by atoms with Crippen LogP contribution < -0.4 is 4.90 Å². The molecule has 154 valence electrons. The molecule has 2 aromatic carbocycles. The first-order valence-electron chi connectivity index (χ1n) is 10.3. The summed E-state index contributed by atoms with van der Waals surface area (Å²) in [5.74, 6) is 0.0382. The molecule has 2 heterocycles. The number of rotatable bonds is 4. The van der Waals surface area contributed by atoms with E-state index in [9.17, 15) is 13.2 Å². The van der Waals surface area contributed by atoms with Crippen LogP contribution >= 0.6 is 0 Å². The summed E-state index contributed by atoms with van der Waals surface area (Å²) in [6.07, 6.45) is 2.04. The molecule has 1 saturated heterocycles. The van der Waals surface area contributed by atoms with E-state index in [2.05, 4.69) is 13.0 Å². The average Bonchev–Trinajstić information content (AvgIpc) is 3.03. The van der Waals surface area contributed by atoms with Crippen molar-refractivity contribution in [2.24, 2.45) is 5.92 Å². The van der Waals surface area contributed by atoms with Crippen LogP contribution in [0.1, 0.15) is 36.5 Å². The van der Waals surface area contributed by atoms with Crippen LogP contribution in [0.4, 0.5) is 5.69 Å². The fraction of sp³-hybridized carbons (Fsp3) is 0.435. The molecule has 2 aromatic rings. The Morgan fingerprint density at radius 3 is 2.52 bits per heavy atom. The highest BCUT2D eigenvalue weighted by atomic mass is 32.2. The number of fused-ring (bicyclic) bond motifs is 1. The van der Waals surface area contributed by atoms with Crippen LogP contribution in [0.2, 0.25) is 0 Å². The van der Waals surface area contributed by atoms with E-state index in [-0.39, 0.29) is 23.6 Å². The lowest BCUT2D eigenvalue weighted by Gasteiger charge is -2.34. The van der Waals surface area contributed by atoms with Crippen molar-refractivity contribution in [1.29, 1.82) is 0 Å². The molecule has 0 unspecified atom stereocenters. The molecule has 1 atom stereocenters. The molecule has 2 aliphatic heterocycles. The van der Waals surface area contributed by atoms with Gasteiger partial charge in [-0.25, -0.2) is 12.7 Å². The minimum absolute atomic E-state index is 0.0177. The molecule has 29 heavy (non-hydrogen) atoms. The predicted octanol–water partition coefficient (Wildman–Crippen LogP) is 3.51. The zero-order valence-corrected chi connectivity index (χ0v) is 17.9. The molecule has 0 saturated carbocycles. The maximum Gasteiger partial charge on any atom is 0.230 e. The zero-order valence-electron chi connectivity index (χ0n) is 17.0. The molecule has 0 N–H and O–H groups in total. The summed E-state index contributed by atoms with van der Waals surface area (Å²) >= 11 is 0. The first kappa shape index (κ1) is 20.1. The first-order valence-corrected chi connectivity index (χ1v) is 11.9. The highest BCUT2D eigenvalue weighted by molar-refractivity contribution is 7.88. The highest BCUT2D eigenvalue weighted by Gasteiger charge is 2.37. The molecule has 0 radical (unpaired) electrons.